The standard InChI is InChI=1S/C16H26N4O/c1-10(2)15-7-14(21-20-15)9-18-16(19-13-4-5-13)17-8-12-6-11(12)3/h7,10-13H,4-6,8-9H2,1-3H3,(H2,17,18,19). The van der Waals surface area contributed by atoms with Gasteiger partial charge in [0, 0.05) is 18.7 Å². The average Bonchev–Trinajstić information content (AvgIpc) is 3.34. The normalized spacial score (nSPS) is 25.2. The Kier molecular flexibility index (Phi) is 4.17. The van der Waals surface area contributed by atoms with Crippen molar-refractivity contribution < 1.29 is 4.52 Å². The zero-order chi connectivity index (χ0) is 14.8. The van der Waals surface area contributed by atoms with Gasteiger partial charge in [0.15, 0.2) is 11.7 Å². The quantitative estimate of drug-likeness (QED) is 0.624. The summed E-state index contributed by atoms with van der Waals surface area (Å²) in [4.78, 5) is 4.63. The van der Waals surface area contributed by atoms with Crippen LogP contribution < -0.4 is 10.6 Å². The molecule has 5 nitrogen and oxygen atoms in total. The molecule has 5 heteroatoms. The number of nitrogens with one attached hydrogen (secondary N) is 2. The van der Waals surface area contributed by atoms with E-state index in [9.17, 15) is 0 Å². The van der Waals surface area contributed by atoms with E-state index in [4.69, 9.17) is 4.52 Å². The van der Waals surface area contributed by atoms with Crippen molar-refractivity contribution in [2.24, 2.45) is 16.8 Å². The van der Waals surface area contributed by atoms with E-state index in [1.165, 1.54) is 19.3 Å². The number of aliphatic imine (C=N–C) groups is 1. The molecule has 0 aromatic carbocycles. The van der Waals surface area contributed by atoms with Gasteiger partial charge in [-0.1, -0.05) is 25.9 Å². The highest BCUT2D eigenvalue weighted by Gasteiger charge is 2.32. The molecule has 0 amide bonds. The summed E-state index contributed by atoms with van der Waals surface area (Å²) < 4.78 is 5.34. The Bertz CT molecular complexity index is 504. The lowest BCUT2D eigenvalue weighted by molar-refractivity contribution is 0.376. The van der Waals surface area contributed by atoms with E-state index in [0.717, 1.165) is 35.8 Å². The number of hydrogen-bond donors (Lipinski definition) is 2. The molecular weight excluding hydrogens is 264 g/mol. The summed E-state index contributed by atoms with van der Waals surface area (Å²) in [6, 6.07) is 2.61. The van der Waals surface area contributed by atoms with Gasteiger partial charge in [-0.15, -0.1) is 0 Å². The fourth-order valence-corrected chi connectivity index (χ4v) is 2.32. The van der Waals surface area contributed by atoms with Gasteiger partial charge < -0.3 is 15.2 Å². The van der Waals surface area contributed by atoms with Gasteiger partial charge in [0.2, 0.25) is 0 Å². The molecular formula is C16H26N4O. The van der Waals surface area contributed by atoms with Gasteiger partial charge >= 0.3 is 0 Å². The highest BCUT2D eigenvalue weighted by atomic mass is 16.5. The zero-order valence-electron chi connectivity index (χ0n) is 13.2. The van der Waals surface area contributed by atoms with Crippen LogP contribution in [-0.2, 0) is 6.54 Å². The van der Waals surface area contributed by atoms with Crippen LogP contribution in [0.3, 0.4) is 0 Å². The van der Waals surface area contributed by atoms with Crippen molar-refractivity contribution in [3.8, 4) is 0 Å². The fraction of sp³-hybridized carbons (Fsp3) is 0.750. The molecule has 116 valence electrons. The van der Waals surface area contributed by atoms with Gasteiger partial charge in [-0.05, 0) is 37.0 Å². The van der Waals surface area contributed by atoms with Crippen LogP contribution >= 0.6 is 0 Å². The molecule has 2 aliphatic carbocycles. The first-order valence-corrected chi connectivity index (χ1v) is 8.12. The predicted molar refractivity (Wildman–Crippen MR) is 83.2 cm³/mol. The second-order valence-electron chi connectivity index (χ2n) is 6.81. The maximum absolute atomic E-state index is 5.34. The van der Waals surface area contributed by atoms with E-state index >= 15 is 0 Å². The summed E-state index contributed by atoms with van der Waals surface area (Å²) in [5.41, 5.74) is 0.997. The lowest BCUT2D eigenvalue weighted by atomic mass is 10.1. The topological polar surface area (TPSA) is 62.5 Å². The molecule has 0 aliphatic heterocycles. The monoisotopic (exact) mass is 290 g/mol. The van der Waals surface area contributed by atoms with Crippen molar-refractivity contribution >= 4 is 5.96 Å². The molecule has 0 saturated heterocycles. The molecule has 1 aromatic rings. The molecule has 2 atom stereocenters. The van der Waals surface area contributed by atoms with E-state index < -0.39 is 0 Å². The predicted octanol–water partition coefficient (Wildman–Crippen LogP) is 2.65. The smallest absolute Gasteiger partial charge is 0.191 e. The van der Waals surface area contributed by atoms with Crippen LogP contribution in [0.15, 0.2) is 15.6 Å². The highest BCUT2D eigenvalue weighted by molar-refractivity contribution is 5.80. The second-order valence-corrected chi connectivity index (χ2v) is 6.81. The van der Waals surface area contributed by atoms with Crippen molar-refractivity contribution in [2.45, 2.75) is 58.5 Å². The summed E-state index contributed by atoms with van der Waals surface area (Å²) in [5, 5.41) is 11.0. The van der Waals surface area contributed by atoms with Crippen LogP contribution in [0.5, 0.6) is 0 Å². The van der Waals surface area contributed by atoms with Crippen molar-refractivity contribution in [2.75, 3.05) is 6.54 Å². The van der Waals surface area contributed by atoms with Crippen LogP contribution in [-0.4, -0.2) is 23.7 Å². The van der Waals surface area contributed by atoms with Crippen LogP contribution in [0.2, 0.25) is 0 Å². The molecule has 3 rings (SSSR count). The Morgan fingerprint density at radius 1 is 1.48 bits per heavy atom. The molecule has 2 aliphatic rings. The molecule has 0 spiro atoms. The molecule has 1 aromatic heterocycles. The van der Waals surface area contributed by atoms with E-state index in [2.05, 4.69) is 41.6 Å². The number of hydrogen-bond acceptors (Lipinski definition) is 3. The first kappa shape index (κ1) is 14.4. The van der Waals surface area contributed by atoms with Crippen LogP contribution in [0.4, 0.5) is 0 Å². The van der Waals surface area contributed by atoms with Crippen molar-refractivity contribution in [1.82, 2.24) is 15.8 Å². The summed E-state index contributed by atoms with van der Waals surface area (Å²) in [6.45, 7) is 8.10. The molecule has 21 heavy (non-hydrogen) atoms. The van der Waals surface area contributed by atoms with Gasteiger partial charge in [0.25, 0.3) is 0 Å². The minimum absolute atomic E-state index is 0.394. The third-order valence-electron chi connectivity index (χ3n) is 4.29. The maximum Gasteiger partial charge on any atom is 0.191 e. The van der Waals surface area contributed by atoms with Gasteiger partial charge in [-0.2, -0.15) is 0 Å². The number of aromatic nitrogens is 1. The number of nitrogens with zero attached hydrogens (tertiary/aromatic N) is 2. The Morgan fingerprint density at radius 3 is 2.81 bits per heavy atom. The Hall–Kier alpha value is -1.52. The minimum atomic E-state index is 0.394. The van der Waals surface area contributed by atoms with Crippen molar-refractivity contribution in [3.63, 3.8) is 0 Å². The molecule has 1 heterocycles. The second kappa shape index (κ2) is 6.08. The highest BCUT2D eigenvalue weighted by Crippen LogP contribution is 2.36. The van der Waals surface area contributed by atoms with Gasteiger partial charge in [-0.3, -0.25) is 0 Å². The van der Waals surface area contributed by atoms with E-state index in [0.29, 0.717) is 18.5 Å². The maximum atomic E-state index is 5.34. The molecule has 2 unspecified atom stereocenters. The van der Waals surface area contributed by atoms with Gasteiger partial charge in [0.05, 0.1) is 5.69 Å². The first-order chi connectivity index (χ1) is 10.1. The fourth-order valence-electron chi connectivity index (χ4n) is 2.32. The van der Waals surface area contributed by atoms with E-state index in [1.54, 1.807) is 0 Å². The molecule has 2 saturated carbocycles. The lowest BCUT2D eigenvalue weighted by Gasteiger charge is -2.11. The molecule has 0 bridgehead atoms. The number of guanidine groups is 1. The summed E-state index contributed by atoms with van der Waals surface area (Å²) in [7, 11) is 0. The van der Waals surface area contributed by atoms with Crippen molar-refractivity contribution in [1.29, 1.82) is 0 Å². The largest absolute Gasteiger partial charge is 0.359 e. The summed E-state index contributed by atoms with van der Waals surface area (Å²) in [6.07, 6.45) is 3.84. The summed E-state index contributed by atoms with van der Waals surface area (Å²) >= 11 is 0. The Morgan fingerprint density at radius 2 is 2.24 bits per heavy atom. The van der Waals surface area contributed by atoms with E-state index in [1.807, 2.05) is 6.07 Å². The SMILES string of the molecule is CC(C)c1cc(CN=C(NCC2CC2C)NC2CC2)on1. The van der Waals surface area contributed by atoms with Gasteiger partial charge in [-0.25, -0.2) is 4.99 Å². The number of rotatable bonds is 6. The lowest BCUT2D eigenvalue weighted by Crippen LogP contribution is -2.39. The zero-order valence-corrected chi connectivity index (χ0v) is 13.2. The van der Waals surface area contributed by atoms with Crippen molar-refractivity contribution in [3.05, 3.63) is 17.5 Å². The molecule has 0 radical (unpaired) electrons. The van der Waals surface area contributed by atoms with Crippen LogP contribution in [0.25, 0.3) is 0 Å². The third kappa shape index (κ3) is 4.22. The third-order valence-corrected chi connectivity index (χ3v) is 4.29. The van der Waals surface area contributed by atoms with Crippen LogP contribution in [0, 0.1) is 11.8 Å². The Balaban J connectivity index is 1.54. The minimum Gasteiger partial charge on any atom is -0.359 e. The summed E-state index contributed by atoms with van der Waals surface area (Å²) in [5.74, 6) is 3.82. The Labute approximate surface area is 126 Å². The van der Waals surface area contributed by atoms with Gasteiger partial charge in [0.1, 0.15) is 6.54 Å². The first-order valence-electron chi connectivity index (χ1n) is 8.12. The average molecular weight is 290 g/mol. The molecule has 2 fully saturated rings. The molecule has 2 N–H and O–H groups in total. The van der Waals surface area contributed by atoms with E-state index in [-0.39, 0.29) is 0 Å². The van der Waals surface area contributed by atoms with Crippen LogP contribution in [0.1, 0.15) is 57.4 Å².